The van der Waals surface area contributed by atoms with Gasteiger partial charge in [0.05, 0.1) is 5.69 Å². The minimum absolute atomic E-state index is 0.197. The maximum absolute atomic E-state index is 12.1. The number of rotatable bonds is 4. The van der Waals surface area contributed by atoms with Crippen LogP contribution in [0.1, 0.15) is 23.9 Å². The summed E-state index contributed by atoms with van der Waals surface area (Å²) in [7, 11) is 0. The van der Waals surface area contributed by atoms with Gasteiger partial charge < -0.3 is 4.74 Å². The molecule has 0 saturated carbocycles. The first-order valence-electron chi connectivity index (χ1n) is 6.83. The number of amides is 1. The van der Waals surface area contributed by atoms with E-state index in [9.17, 15) is 4.79 Å². The van der Waals surface area contributed by atoms with Crippen LogP contribution in [0.4, 0.5) is 5.13 Å². The number of nitrogens with one attached hydrogen (secondary N) is 1. The van der Waals surface area contributed by atoms with E-state index in [1.807, 2.05) is 0 Å². The third-order valence-electron chi connectivity index (χ3n) is 3.32. The van der Waals surface area contributed by atoms with Crippen molar-refractivity contribution in [3.8, 4) is 5.75 Å². The average Bonchev–Trinajstić information content (AvgIpc) is 3.02. The van der Waals surface area contributed by atoms with Gasteiger partial charge in [0.15, 0.2) is 11.2 Å². The first-order chi connectivity index (χ1) is 10.1. The number of hydrogen-bond donors (Lipinski definition) is 1. The predicted molar refractivity (Wildman–Crippen MR) is 84.3 cm³/mol. The second-order valence-corrected chi connectivity index (χ2v) is 6.47. The van der Waals surface area contributed by atoms with Crippen LogP contribution < -0.4 is 10.1 Å². The molecule has 1 aliphatic rings. The molecule has 0 unspecified atom stereocenters. The summed E-state index contributed by atoms with van der Waals surface area (Å²) < 4.78 is 5.59. The zero-order valence-corrected chi connectivity index (χ0v) is 13.1. The molecule has 1 aromatic heterocycles. The molecule has 110 valence electrons. The van der Waals surface area contributed by atoms with Crippen LogP contribution in [0.15, 0.2) is 24.3 Å². The Morgan fingerprint density at radius 2 is 2.14 bits per heavy atom. The third kappa shape index (κ3) is 3.36. The molecule has 0 spiro atoms. The molecular formula is C15H15ClN2O2S. The molecule has 1 heterocycles. The van der Waals surface area contributed by atoms with E-state index in [4.69, 9.17) is 16.3 Å². The Morgan fingerprint density at radius 3 is 2.86 bits per heavy atom. The van der Waals surface area contributed by atoms with Gasteiger partial charge >= 0.3 is 0 Å². The van der Waals surface area contributed by atoms with Crippen LogP contribution in [0.2, 0.25) is 5.02 Å². The van der Waals surface area contributed by atoms with Crippen molar-refractivity contribution in [1.82, 2.24) is 4.98 Å². The van der Waals surface area contributed by atoms with E-state index in [2.05, 4.69) is 10.3 Å². The van der Waals surface area contributed by atoms with E-state index < -0.39 is 6.10 Å². The van der Waals surface area contributed by atoms with E-state index in [1.165, 1.54) is 11.3 Å². The molecule has 0 radical (unpaired) electrons. The Bertz CT molecular complexity index is 633. The van der Waals surface area contributed by atoms with Gasteiger partial charge in [-0.05, 0) is 50.5 Å². The van der Waals surface area contributed by atoms with Gasteiger partial charge in [-0.15, -0.1) is 11.3 Å². The van der Waals surface area contributed by atoms with Crippen molar-refractivity contribution in [2.45, 2.75) is 32.3 Å². The lowest BCUT2D eigenvalue weighted by atomic mass is 10.3. The van der Waals surface area contributed by atoms with Crippen LogP contribution in [0.25, 0.3) is 0 Å². The summed E-state index contributed by atoms with van der Waals surface area (Å²) in [5.41, 5.74) is 1.13. The summed E-state index contributed by atoms with van der Waals surface area (Å²) in [4.78, 5) is 17.8. The van der Waals surface area contributed by atoms with Crippen molar-refractivity contribution in [3.63, 3.8) is 0 Å². The minimum atomic E-state index is -0.593. The van der Waals surface area contributed by atoms with Crippen LogP contribution in [0.3, 0.4) is 0 Å². The van der Waals surface area contributed by atoms with E-state index in [0.29, 0.717) is 15.9 Å². The second-order valence-electron chi connectivity index (χ2n) is 4.95. The fourth-order valence-electron chi connectivity index (χ4n) is 2.22. The molecule has 2 aromatic rings. The van der Waals surface area contributed by atoms with Crippen molar-refractivity contribution in [2.24, 2.45) is 0 Å². The zero-order chi connectivity index (χ0) is 14.8. The van der Waals surface area contributed by atoms with Gasteiger partial charge in [0.2, 0.25) is 0 Å². The lowest BCUT2D eigenvalue weighted by Crippen LogP contribution is -2.30. The van der Waals surface area contributed by atoms with Crippen LogP contribution in [-0.4, -0.2) is 17.0 Å². The highest BCUT2D eigenvalue weighted by Gasteiger charge is 2.20. The fraction of sp³-hybridized carbons (Fsp3) is 0.333. The maximum Gasteiger partial charge on any atom is 0.266 e. The molecule has 0 saturated heterocycles. The summed E-state index contributed by atoms with van der Waals surface area (Å²) in [6, 6.07) is 6.94. The van der Waals surface area contributed by atoms with Crippen LogP contribution >= 0.6 is 22.9 Å². The normalized spacial score (nSPS) is 14.6. The van der Waals surface area contributed by atoms with Gasteiger partial charge in [0.25, 0.3) is 5.91 Å². The fourth-order valence-corrected chi connectivity index (χ4v) is 3.40. The molecule has 1 amide bonds. The van der Waals surface area contributed by atoms with Crippen molar-refractivity contribution >= 4 is 34.0 Å². The van der Waals surface area contributed by atoms with E-state index in [0.717, 1.165) is 18.5 Å². The third-order valence-corrected chi connectivity index (χ3v) is 4.65. The lowest BCUT2D eigenvalue weighted by Gasteiger charge is -2.13. The Morgan fingerprint density at radius 1 is 1.38 bits per heavy atom. The summed E-state index contributed by atoms with van der Waals surface area (Å²) in [5, 5.41) is 4.12. The Labute approximate surface area is 132 Å². The van der Waals surface area contributed by atoms with Gasteiger partial charge in [-0.1, -0.05) is 11.6 Å². The van der Waals surface area contributed by atoms with Gasteiger partial charge in [0, 0.05) is 9.90 Å². The molecule has 21 heavy (non-hydrogen) atoms. The topological polar surface area (TPSA) is 51.2 Å². The van der Waals surface area contributed by atoms with Gasteiger partial charge in [-0.2, -0.15) is 0 Å². The van der Waals surface area contributed by atoms with Crippen molar-refractivity contribution < 1.29 is 9.53 Å². The maximum atomic E-state index is 12.1. The van der Waals surface area contributed by atoms with Crippen LogP contribution in [0, 0.1) is 0 Å². The molecule has 0 bridgehead atoms. The van der Waals surface area contributed by atoms with Crippen molar-refractivity contribution in [2.75, 3.05) is 5.32 Å². The number of ether oxygens (including phenoxy) is 1. The number of carbonyl (C=O) groups excluding carboxylic acids is 1. The second kappa shape index (κ2) is 6.03. The number of hydrogen-bond acceptors (Lipinski definition) is 4. The highest BCUT2D eigenvalue weighted by molar-refractivity contribution is 7.15. The van der Waals surface area contributed by atoms with E-state index in [1.54, 1.807) is 42.5 Å². The minimum Gasteiger partial charge on any atom is -0.481 e. The molecular weight excluding hydrogens is 308 g/mol. The first-order valence-corrected chi connectivity index (χ1v) is 8.03. The zero-order valence-electron chi connectivity index (χ0n) is 11.6. The van der Waals surface area contributed by atoms with Gasteiger partial charge in [-0.3, -0.25) is 10.1 Å². The Balaban J connectivity index is 1.60. The average molecular weight is 323 g/mol. The summed E-state index contributed by atoms with van der Waals surface area (Å²) >= 11 is 7.37. The molecule has 0 aliphatic heterocycles. The number of fused-ring (bicyclic) bond motifs is 1. The molecule has 0 fully saturated rings. The summed E-state index contributed by atoms with van der Waals surface area (Å²) in [6.07, 6.45) is 2.65. The molecule has 6 heteroatoms. The predicted octanol–water partition coefficient (Wildman–Crippen LogP) is 3.69. The highest BCUT2D eigenvalue weighted by Crippen LogP contribution is 2.30. The highest BCUT2D eigenvalue weighted by atomic mass is 35.5. The lowest BCUT2D eigenvalue weighted by molar-refractivity contribution is -0.122. The largest absolute Gasteiger partial charge is 0.481 e. The van der Waals surface area contributed by atoms with Crippen LogP contribution in [-0.2, 0) is 17.6 Å². The van der Waals surface area contributed by atoms with E-state index >= 15 is 0 Å². The van der Waals surface area contributed by atoms with E-state index in [-0.39, 0.29) is 5.91 Å². The number of benzene rings is 1. The summed E-state index contributed by atoms with van der Waals surface area (Å²) in [5.74, 6) is 0.418. The van der Waals surface area contributed by atoms with Crippen molar-refractivity contribution in [1.29, 1.82) is 0 Å². The number of carbonyl (C=O) groups is 1. The molecule has 4 nitrogen and oxygen atoms in total. The van der Waals surface area contributed by atoms with Gasteiger partial charge in [0.1, 0.15) is 5.75 Å². The molecule has 1 N–H and O–H groups in total. The Hall–Kier alpha value is -1.59. The number of thiazole rings is 1. The first kappa shape index (κ1) is 14.4. The number of aryl methyl sites for hydroxylation is 2. The van der Waals surface area contributed by atoms with Crippen LogP contribution in [0.5, 0.6) is 5.75 Å². The number of aromatic nitrogens is 1. The van der Waals surface area contributed by atoms with Gasteiger partial charge in [-0.25, -0.2) is 4.98 Å². The molecule has 1 aliphatic carbocycles. The summed E-state index contributed by atoms with van der Waals surface area (Å²) in [6.45, 7) is 1.71. The number of halogens is 1. The quantitative estimate of drug-likeness (QED) is 0.934. The Kier molecular flexibility index (Phi) is 4.12. The molecule has 1 aromatic carbocycles. The molecule has 1 atom stereocenters. The van der Waals surface area contributed by atoms with Crippen molar-refractivity contribution in [3.05, 3.63) is 39.9 Å². The molecule has 3 rings (SSSR count). The standard InChI is InChI=1S/C15H15ClN2O2S/c1-9(20-11-7-5-10(16)6-8-11)14(19)18-15-17-12-3-2-4-13(12)21-15/h5-9H,2-4H2,1H3,(H,17,18,19)/t9-/m0/s1. The monoisotopic (exact) mass is 322 g/mol. The SMILES string of the molecule is C[C@H](Oc1ccc(Cl)cc1)C(=O)Nc1nc2c(s1)CCC2. The smallest absolute Gasteiger partial charge is 0.266 e. The number of nitrogens with zero attached hydrogens (tertiary/aromatic N) is 1. The number of anilines is 1.